The molecule has 0 aliphatic carbocycles. The number of rotatable bonds is 5. The fraction of sp³-hybridized carbons (Fsp3) is 0.0588. The lowest BCUT2D eigenvalue weighted by Crippen LogP contribution is -2.02. The molecular formula is C17H12FNO4S. The highest BCUT2D eigenvalue weighted by atomic mass is 32.2. The Morgan fingerprint density at radius 2 is 1.92 bits per heavy atom. The third-order valence-corrected chi connectivity index (χ3v) is 4.06. The average molecular weight is 345 g/mol. The topological polar surface area (TPSA) is 83.6 Å². The average Bonchev–Trinajstić information content (AvgIpc) is 3.02. The second-order valence-corrected chi connectivity index (χ2v) is 5.84. The Labute approximate surface area is 140 Å². The van der Waals surface area contributed by atoms with Gasteiger partial charge < -0.3 is 14.6 Å². The number of carbonyl (C=O) groups is 1. The van der Waals surface area contributed by atoms with Crippen LogP contribution in [0.4, 0.5) is 4.39 Å². The van der Waals surface area contributed by atoms with Crippen molar-refractivity contribution < 1.29 is 23.8 Å². The normalized spacial score (nSPS) is 10.7. The number of hydrogen-bond donors (Lipinski definition) is 2. The van der Waals surface area contributed by atoms with Crippen molar-refractivity contribution in [1.29, 1.82) is 0 Å². The first-order chi connectivity index (χ1) is 11.5. The summed E-state index contributed by atoms with van der Waals surface area (Å²) in [5, 5.41) is 19.2. The molecule has 0 saturated heterocycles. The summed E-state index contributed by atoms with van der Waals surface area (Å²) in [4.78, 5) is 16.2. The van der Waals surface area contributed by atoms with Gasteiger partial charge in [0.05, 0.1) is 17.5 Å². The molecule has 0 radical (unpaired) electrons. The third kappa shape index (κ3) is 3.57. The Morgan fingerprint density at radius 1 is 1.17 bits per heavy atom. The van der Waals surface area contributed by atoms with Crippen LogP contribution < -0.4 is 0 Å². The molecule has 2 aromatic carbocycles. The number of aromatic hydroxyl groups is 2. The largest absolute Gasteiger partial charge is 0.508 e. The summed E-state index contributed by atoms with van der Waals surface area (Å²) in [6, 6.07) is 9.58. The van der Waals surface area contributed by atoms with E-state index in [1.807, 2.05) is 0 Å². The first-order valence-corrected chi connectivity index (χ1v) is 7.91. The van der Waals surface area contributed by atoms with Gasteiger partial charge in [0.25, 0.3) is 5.22 Å². The molecule has 0 amide bonds. The molecule has 1 heterocycles. The standard InChI is InChI=1S/C17H12FNO4S/c18-11-3-1-10(2-4-11)16-8-19-17(23-16)24-9-15(22)13-6-5-12(20)7-14(13)21/h1-8,20-21H,9H2. The van der Waals surface area contributed by atoms with Crippen molar-refractivity contribution in [1.82, 2.24) is 4.98 Å². The van der Waals surface area contributed by atoms with E-state index in [9.17, 15) is 19.4 Å². The molecule has 0 aliphatic rings. The van der Waals surface area contributed by atoms with Crippen LogP contribution in [0.1, 0.15) is 10.4 Å². The maximum atomic E-state index is 12.9. The second kappa shape index (κ2) is 6.76. The van der Waals surface area contributed by atoms with Crippen molar-refractivity contribution in [2.24, 2.45) is 0 Å². The molecule has 3 aromatic rings. The first-order valence-electron chi connectivity index (χ1n) is 6.92. The number of thioether (sulfide) groups is 1. The lowest BCUT2D eigenvalue weighted by Gasteiger charge is -2.03. The van der Waals surface area contributed by atoms with Crippen molar-refractivity contribution in [3.63, 3.8) is 0 Å². The maximum Gasteiger partial charge on any atom is 0.256 e. The number of Topliss-reactive ketones (excluding diaryl/α,β-unsaturated/α-hetero) is 1. The van der Waals surface area contributed by atoms with Crippen LogP contribution in [-0.2, 0) is 0 Å². The van der Waals surface area contributed by atoms with Crippen LogP contribution in [0.25, 0.3) is 11.3 Å². The number of phenolic OH excluding ortho intramolecular Hbond substituents is 2. The molecule has 122 valence electrons. The van der Waals surface area contributed by atoms with Crippen molar-refractivity contribution >= 4 is 17.5 Å². The number of carbonyl (C=O) groups excluding carboxylic acids is 1. The van der Waals surface area contributed by atoms with E-state index >= 15 is 0 Å². The fourth-order valence-electron chi connectivity index (χ4n) is 2.03. The molecule has 0 atom stereocenters. The molecule has 0 saturated carbocycles. The van der Waals surface area contributed by atoms with Crippen LogP contribution in [0.2, 0.25) is 0 Å². The first kappa shape index (κ1) is 16.1. The van der Waals surface area contributed by atoms with E-state index in [4.69, 9.17) is 4.42 Å². The van der Waals surface area contributed by atoms with E-state index in [-0.39, 0.29) is 34.4 Å². The second-order valence-electron chi connectivity index (χ2n) is 4.91. The lowest BCUT2D eigenvalue weighted by atomic mass is 10.1. The number of phenols is 2. The molecule has 5 nitrogen and oxygen atoms in total. The van der Waals surface area contributed by atoms with Gasteiger partial charge in [-0.15, -0.1) is 0 Å². The fourth-order valence-corrected chi connectivity index (χ4v) is 2.72. The summed E-state index contributed by atoms with van der Waals surface area (Å²) in [7, 11) is 0. The highest BCUT2D eigenvalue weighted by molar-refractivity contribution is 7.99. The van der Waals surface area contributed by atoms with Gasteiger partial charge in [-0.2, -0.15) is 0 Å². The Hall–Kier alpha value is -2.80. The quantitative estimate of drug-likeness (QED) is 0.539. The van der Waals surface area contributed by atoms with E-state index in [1.54, 1.807) is 12.1 Å². The van der Waals surface area contributed by atoms with Crippen molar-refractivity contribution in [3.8, 4) is 22.8 Å². The van der Waals surface area contributed by atoms with Gasteiger partial charge in [0.1, 0.15) is 17.3 Å². The zero-order valence-electron chi connectivity index (χ0n) is 12.3. The summed E-state index contributed by atoms with van der Waals surface area (Å²) in [5.74, 6) is -0.571. The van der Waals surface area contributed by atoms with Gasteiger partial charge in [-0.05, 0) is 36.4 Å². The molecule has 3 rings (SSSR count). The zero-order valence-corrected chi connectivity index (χ0v) is 13.1. The molecule has 0 spiro atoms. The maximum absolute atomic E-state index is 12.9. The number of benzene rings is 2. The van der Waals surface area contributed by atoms with Gasteiger partial charge >= 0.3 is 0 Å². The zero-order chi connectivity index (χ0) is 17.1. The molecule has 2 N–H and O–H groups in total. The molecule has 0 fully saturated rings. The number of hydrogen-bond acceptors (Lipinski definition) is 6. The predicted molar refractivity (Wildman–Crippen MR) is 86.7 cm³/mol. The van der Waals surface area contributed by atoms with Gasteiger partial charge in [0.2, 0.25) is 0 Å². The summed E-state index contributed by atoms with van der Waals surface area (Å²) >= 11 is 1.08. The molecule has 1 aromatic heterocycles. The van der Waals surface area contributed by atoms with E-state index in [2.05, 4.69) is 4.98 Å². The van der Waals surface area contributed by atoms with Crippen molar-refractivity contribution in [2.75, 3.05) is 5.75 Å². The summed E-state index contributed by atoms with van der Waals surface area (Å²) in [5.41, 5.74) is 0.795. The SMILES string of the molecule is O=C(CSc1ncc(-c2ccc(F)cc2)o1)c1ccc(O)cc1O. The smallest absolute Gasteiger partial charge is 0.256 e. The molecule has 0 bridgehead atoms. The van der Waals surface area contributed by atoms with Crippen LogP contribution in [0, 0.1) is 5.82 Å². The Balaban J connectivity index is 1.67. The summed E-state index contributed by atoms with van der Waals surface area (Å²) < 4.78 is 18.4. The monoisotopic (exact) mass is 345 g/mol. The molecule has 7 heteroatoms. The van der Waals surface area contributed by atoms with E-state index in [0.717, 1.165) is 17.8 Å². The molecule has 0 unspecified atom stereocenters. The van der Waals surface area contributed by atoms with Crippen LogP contribution in [0.3, 0.4) is 0 Å². The van der Waals surface area contributed by atoms with E-state index in [1.165, 1.54) is 30.5 Å². The number of aromatic nitrogens is 1. The van der Waals surface area contributed by atoms with Crippen LogP contribution in [0.5, 0.6) is 11.5 Å². The predicted octanol–water partition coefficient (Wildman–Crippen LogP) is 3.87. The summed E-state index contributed by atoms with van der Waals surface area (Å²) in [6.45, 7) is 0. The molecule has 24 heavy (non-hydrogen) atoms. The minimum atomic E-state index is -0.341. The minimum absolute atomic E-state index is 0.0156. The Bertz CT molecular complexity index is 877. The number of ketones is 1. The minimum Gasteiger partial charge on any atom is -0.508 e. The van der Waals surface area contributed by atoms with Crippen LogP contribution in [-0.4, -0.2) is 26.7 Å². The van der Waals surface area contributed by atoms with Gasteiger partial charge in [-0.3, -0.25) is 4.79 Å². The number of nitrogens with zero attached hydrogens (tertiary/aromatic N) is 1. The van der Waals surface area contributed by atoms with Gasteiger partial charge in [-0.1, -0.05) is 11.8 Å². The highest BCUT2D eigenvalue weighted by Gasteiger charge is 2.14. The Kier molecular flexibility index (Phi) is 4.52. The van der Waals surface area contributed by atoms with Gasteiger partial charge in [0, 0.05) is 11.6 Å². The highest BCUT2D eigenvalue weighted by Crippen LogP contribution is 2.28. The van der Waals surface area contributed by atoms with Crippen LogP contribution in [0.15, 0.2) is 58.3 Å². The number of oxazole rings is 1. The summed E-state index contributed by atoms with van der Waals surface area (Å²) in [6.07, 6.45) is 1.50. The Morgan fingerprint density at radius 3 is 2.62 bits per heavy atom. The third-order valence-electron chi connectivity index (χ3n) is 3.22. The number of halogens is 1. The van der Waals surface area contributed by atoms with Crippen molar-refractivity contribution in [3.05, 3.63) is 60.0 Å². The molecule has 0 aliphatic heterocycles. The van der Waals surface area contributed by atoms with Gasteiger partial charge in [-0.25, -0.2) is 9.37 Å². The molecular weight excluding hydrogens is 333 g/mol. The van der Waals surface area contributed by atoms with E-state index in [0.29, 0.717) is 16.5 Å². The lowest BCUT2D eigenvalue weighted by molar-refractivity contribution is 0.101. The van der Waals surface area contributed by atoms with Crippen molar-refractivity contribution in [2.45, 2.75) is 5.22 Å². The van der Waals surface area contributed by atoms with E-state index < -0.39 is 0 Å². The van der Waals surface area contributed by atoms with Crippen LogP contribution >= 0.6 is 11.8 Å². The van der Waals surface area contributed by atoms with Gasteiger partial charge in [0.15, 0.2) is 11.5 Å².